The van der Waals surface area contributed by atoms with Crippen molar-refractivity contribution in [2.24, 2.45) is 0 Å². The summed E-state index contributed by atoms with van der Waals surface area (Å²) >= 11 is 0. The molecule has 1 aliphatic rings. The molecule has 0 spiro atoms. The lowest BCUT2D eigenvalue weighted by molar-refractivity contribution is 0.0918. The number of carbonyl (C=O) groups is 1. The maximum absolute atomic E-state index is 12.6. The quantitative estimate of drug-likeness (QED) is 0.426. The number of ether oxygens (including phenoxy) is 2. The third kappa shape index (κ3) is 4.25. The Kier molecular flexibility index (Phi) is 5.66. The highest BCUT2D eigenvalue weighted by atomic mass is 16.6. The highest BCUT2D eigenvalue weighted by Crippen LogP contribution is 2.31. The largest absolute Gasteiger partial charge is 0.486 e. The molecule has 3 aromatic carbocycles. The van der Waals surface area contributed by atoms with Crippen molar-refractivity contribution in [1.82, 2.24) is 15.6 Å². The number of benzene rings is 3. The first-order valence-corrected chi connectivity index (χ1v) is 10.8. The van der Waals surface area contributed by atoms with E-state index in [2.05, 4.69) is 39.9 Å². The number of hydrogen-bond donors (Lipinski definition) is 3. The van der Waals surface area contributed by atoms with E-state index < -0.39 is 0 Å². The highest BCUT2D eigenvalue weighted by Gasteiger charge is 2.22. The lowest BCUT2D eigenvalue weighted by Gasteiger charge is -2.26. The first kappa shape index (κ1) is 20.0. The summed E-state index contributed by atoms with van der Waals surface area (Å²) < 4.78 is 11.6. The molecule has 0 bridgehead atoms. The van der Waals surface area contributed by atoms with Gasteiger partial charge in [0.1, 0.15) is 6.61 Å². The molecule has 162 valence electrons. The van der Waals surface area contributed by atoms with Crippen LogP contribution in [0, 0.1) is 0 Å². The van der Waals surface area contributed by atoms with Crippen LogP contribution in [0.15, 0.2) is 85.1 Å². The normalized spacial score (nSPS) is 15.8. The van der Waals surface area contributed by atoms with E-state index in [9.17, 15) is 4.79 Å². The average Bonchev–Trinajstić information content (AvgIpc) is 3.27. The van der Waals surface area contributed by atoms with E-state index in [0.29, 0.717) is 25.4 Å². The molecular formula is C26H25N3O3. The van der Waals surface area contributed by atoms with E-state index >= 15 is 0 Å². The van der Waals surface area contributed by atoms with E-state index in [1.54, 1.807) is 0 Å². The maximum Gasteiger partial charge on any atom is 0.314 e. The average molecular weight is 428 g/mol. The fraction of sp³-hybridized carbons (Fsp3) is 0.192. The zero-order valence-corrected chi connectivity index (χ0v) is 17.6. The molecule has 6 heteroatoms. The molecule has 1 aliphatic heterocycles. The number of H-pyrrole nitrogens is 1. The monoisotopic (exact) mass is 427 g/mol. The van der Waals surface area contributed by atoms with Crippen molar-refractivity contribution < 1.29 is 14.3 Å². The van der Waals surface area contributed by atoms with Gasteiger partial charge in [0.2, 0.25) is 0 Å². The number of nitrogens with one attached hydrogen (secondary N) is 3. The number of fused-ring (bicyclic) bond motifs is 2. The molecule has 0 saturated heterocycles. The molecule has 2 heterocycles. The van der Waals surface area contributed by atoms with E-state index in [4.69, 9.17) is 9.47 Å². The molecule has 6 nitrogen and oxygen atoms in total. The Balaban J connectivity index is 1.23. The summed E-state index contributed by atoms with van der Waals surface area (Å²) in [6.45, 7) is 1.24. The van der Waals surface area contributed by atoms with Gasteiger partial charge >= 0.3 is 6.03 Å². The zero-order chi connectivity index (χ0) is 21.8. The number of urea groups is 1. The first-order valence-electron chi connectivity index (χ1n) is 10.8. The second-order valence-corrected chi connectivity index (χ2v) is 7.84. The number of para-hydroxylation sites is 3. The molecular weight excluding hydrogens is 402 g/mol. The lowest BCUT2D eigenvalue weighted by Crippen LogP contribution is -2.45. The molecule has 0 radical (unpaired) electrons. The summed E-state index contributed by atoms with van der Waals surface area (Å²) in [5, 5.41) is 7.10. The molecule has 0 saturated carbocycles. The molecule has 2 atom stereocenters. The number of aromatic nitrogens is 1. The number of amides is 2. The predicted octanol–water partition coefficient (Wildman–Crippen LogP) is 4.44. The van der Waals surface area contributed by atoms with Gasteiger partial charge in [-0.1, -0.05) is 60.7 Å². The van der Waals surface area contributed by atoms with Crippen molar-refractivity contribution in [3.63, 3.8) is 0 Å². The third-order valence-corrected chi connectivity index (χ3v) is 5.72. The topological polar surface area (TPSA) is 75.4 Å². The van der Waals surface area contributed by atoms with Gasteiger partial charge in [-0.3, -0.25) is 0 Å². The van der Waals surface area contributed by atoms with Crippen LogP contribution in [-0.2, 0) is 0 Å². The van der Waals surface area contributed by atoms with Crippen molar-refractivity contribution >= 4 is 16.9 Å². The highest BCUT2D eigenvalue weighted by molar-refractivity contribution is 5.84. The summed E-state index contributed by atoms with van der Waals surface area (Å²) in [7, 11) is 0. The first-order chi connectivity index (χ1) is 15.8. The van der Waals surface area contributed by atoms with E-state index in [1.165, 1.54) is 0 Å². The molecule has 1 aromatic heterocycles. The van der Waals surface area contributed by atoms with Crippen LogP contribution < -0.4 is 20.1 Å². The van der Waals surface area contributed by atoms with E-state index in [0.717, 1.165) is 27.8 Å². The fourth-order valence-electron chi connectivity index (χ4n) is 4.10. The van der Waals surface area contributed by atoms with Crippen LogP contribution in [0.4, 0.5) is 4.79 Å². The van der Waals surface area contributed by atoms with Crippen LogP contribution in [-0.4, -0.2) is 36.8 Å². The second-order valence-electron chi connectivity index (χ2n) is 7.84. The summed E-state index contributed by atoms with van der Waals surface area (Å²) in [6.07, 6.45) is 1.81. The van der Waals surface area contributed by atoms with Crippen molar-refractivity contribution in [2.45, 2.75) is 12.0 Å². The fourth-order valence-corrected chi connectivity index (χ4v) is 4.10. The van der Waals surface area contributed by atoms with Gasteiger partial charge < -0.3 is 25.1 Å². The van der Waals surface area contributed by atoms with Crippen molar-refractivity contribution in [3.8, 4) is 11.5 Å². The number of rotatable bonds is 6. The Hall–Kier alpha value is -3.93. The SMILES string of the molecule is O=C(NC[C@@H]1COc2ccccc2O1)NC[C@@H](c1ccccc1)c1c[nH]c2ccccc12. The Morgan fingerprint density at radius 2 is 1.69 bits per heavy atom. The van der Waals surface area contributed by atoms with Gasteiger partial charge in [0.25, 0.3) is 0 Å². The molecule has 0 aliphatic carbocycles. The summed E-state index contributed by atoms with van der Waals surface area (Å²) in [5.74, 6) is 1.46. The molecule has 4 aromatic rings. The smallest absolute Gasteiger partial charge is 0.314 e. The predicted molar refractivity (Wildman–Crippen MR) is 124 cm³/mol. The Labute approximate surface area is 186 Å². The van der Waals surface area contributed by atoms with Crippen LogP contribution in [0.3, 0.4) is 0 Å². The van der Waals surface area contributed by atoms with Crippen LogP contribution in [0.5, 0.6) is 11.5 Å². The van der Waals surface area contributed by atoms with Gasteiger partial charge in [-0.2, -0.15) is 0 Å². The van der Waals surface area contributed by atoms with E-state index in [-0.39, 0.29) is 18.1 Å². The van der Waals surface area contributed by atoms with Crippen molar-refractivity contribution in [2.75, 3.05) is 19.7 Å². The summed E-state index contributed by atoms with van der Waals surface area (Å²) in [6, 6.07) is 25.8. The standard InChI is InChI=1S/C26H25N3O3/c30-26(28-14-19-17-31-24-12-6-7-13-25(24)32-19)29-15-21(18-8-2-1-3-9-18)22-16-27-23-11-5-4-10-20(22)23/h1-13,16,19,21,27H,14-15,17H2,(H2,28,29,30)/t19-,21+/m1/s1. The molecule has 3 N–H and O–H groups in total. The molecule has 2 amide bonds. The summed E-state index contributed by atoms with van der Waals surface area (Å²) in [4.78, 5) is 15.9. The van der Waals surface area contributed by atoms with Gasteiger partial charge in [0.15, 0.2) is 17.6 Å². The Morgan fingerprint density at radius 3 is 2.56 bits per heavy atom. The second kappa shape index (κ2) is 9.06. The minimum absolute atomic E-state index is 0.0271. The molecule has 0 unspecified atom stereocenters. The van der Waals surface area contributed by atoms with Gasteiger partial charge in [-0.05, 0) is 29.3 Å². The maximum atomic E-state index is 12.6. The van der Waals surface area contributed by atoms with Gasteiger partial charge in [-0.25, -0.2) is 4.79 Å². The van der Waals surface area contributed by atoms with E-state index in [1.807, 2.05) is 60.8 Å². The van der Waals surface area contributed by atoms with Gasteiger partial charge in [0, 0.05) is 29.6 Å². The number of carbonyl (C=O) groups excluding carboxylic acids is 1. The zero-order valence-electron chi connectivity index (χ0n) is 17.6. The van der Waals surface area contributed by atoms with Gasteiger partial charge in [0.05, 0.1) is 6.54 Å². The molecule has 32 heavy (non-hydrogen) atoms. The Morgan fingerprint density at radius 1 is 0.938 bits per heavy atom. The minimum Gasteiger partial charge on any atom is -0.486 e. The van der Waals surface area contributed by atoms with Crippen LogP contribution >= 0.6 is 0 Å². The Bertz CT molecular complexity index is 1210. The van der Waals surface area contributed by atoms with Crippen LogP contribution in [0.2, 0.25) is 0 Å². The number of aromatic amines is 1. The number of hydrogen-bond acceptors (Lipinski definition) is 3. The van der Waals surface area contributed by atoms with Gasteiger partial charge in [-0.15, -0.1) is 0 Å². The van der Waals surface area contributed by atoms with Crippen molar-refractivity contribution in [1.29, 1.82) is 0 Å². The third-order valence-electron chi connectivity index (χ3n) is 5.72. The summed E-state index contributed by atoms with van der Waals surface area (Å²) in [5.41, 5.74) is 3.40. The lowest BCUT2D eigenvalue weighted by atomic mass is 9.91. The molecule has 5 rings (SSSR count). The minimum atomic E-state index is -0.228. The van der Waals surface area contributed by atoms with Crippen molar-refractivity contribution in [3.05, 3.63) is 96.2 Å². The molecule has 0 fully saturated rings. The van der Waals surface area contributed by atoms with Crippen LogP contribution in [0.1, 0.15) is 17.0 Å². The van der Waals surface area contributed by atoms with Crippen LogP contribution in [0.25, 0.3) is 10.9 Å².